The highest BCUT2D eigenvalue weighted by Gasteiger charge is 2.24. The molecule has 0 saturated carbocycles. The fourth-order valence-electron chi connectivity index (χ4n) is 2.79. The standard InChI is InChI=1S/C23H27BrClN3O4/c1-13(2)20(27-22(29)16-7-6-8-17(25)11-16)23(30)28-26-12-15-9-18(24)21(32-14(3)4)19(10-15)31-5/h6-14,20H,1-5H3,(H,27,29)(H,28,30)/b26-12+. The summed E-state index contributed by atoms with van der Waals surface area (Å²) in [5.41, 5.74) is 3.55. The lowest BCUT2D eigenvalue weighted by Gasteiger charge is -2.20. The van der Waals surface area contributed by atoms with Gasteiger partial charge in [-0.25, -0.2) is 5.43 Å². The number of halogens is 2. The maximum atomic E-state index is 12.7. The first kappa shape index (κ1) is 25.7. The Morgan fingerprint density at radius 3 is 2.47 bits per heavy atom. The molecule has 2 aromatic carbocycles. The fourth-order valence-corrected chi connectivity index (χ4v) is 3.54. The quantitative estimate of drug-likeness (QED) is 0.364. The topological polar surface area (TPSA) is 89.0 Å². The molecule has 1 atom stereocenters. The molecule has 2 aromatic rings. The third-order valence-corrected chi connectivity index (χ3v) is 5.14. The predicted molar refractivity (Wildman–Crippen MR) is 130 cm³/mol. The fraction of sp³-hybridized carbons (Fsp3) is 0.348. The largest absolute Gasteiger partial charge is 0.493 e. The zero-order chi connectivity index (χ0) is 23.8. The summed E-state index contributed by atoms with van der Waals surface area (Å²) < 4.78 is 11.9. The van der Waals surface area contributed by atoms with Crippen LogP contribution in [-0.2, 0) is 4.79 Å². The Balaban J connectivity index is 2.09. The van der Waals surface area contributed by atoms with Crippen molar-refractivity contribution in [1.82, 2.24) is 10.7 Å². The molecule has 0 spiro atoms. The van der Waals surface area contributed by atoms with E-state index in [-0.39, 0.29) is 17.9 Å². The van der Waals surface area contributed by atoms with E-state index in [1.165, 1.54) is 6.21 Å². The van der Waals surface area contributed by atoms with Gasteiger partial charge in [0.1, 0.15) is 6.04 Å². The highest BCUT2D eigenvalue weighted by Crippen LogP contribution is 2.36. The van der Waals surface area contributed by atoms with E-state index in [0.29, 0.717) is 32.1 Å². The summed E-state index contributed by atoms with van der Waals surface area (Å²) in [4.78, 5) is 25.2. The van der Waals surface area contributed by atoms with Crippen molar-refractivity contribution in [2.45, 2.75) is 39.8 Å². The number of nitrogens with one attached hydrogen (secondary N) is 2. The second-order valence-corrected chi connectivity index (χ2v) is 8.93. The van der Waals surface area contributed by atoms with Gasteiger partial charge in [-0.1, -0.05) is 31.5 Å². The van der Waals surface area contributed by atoms with Crippen LogP contribution < -0.4 is 20.2 Å². The number of ether oxygens (including phenoxy) is 2. The molecule has 0 aliphatic rings. The van der Waals surface area contributed by atoms with E-state index in [0.717, 1.165) is 0 Å². The number of carbonyl (C=O) groups is 2. The van der Waals surface area contributed by atoms with E-state index in [1.54, 1.807) is 43.5 Å². The monoisotopic (exact) mass is 523 g/mol. The van der Waals surface area contributed by atoms with Crippen molar-refractivity contribution < 1.29 is 19.1 Å². The first-order valence-corrected chi connectivity index (χ1v) is 11.2. The summed E-state index contributed by atoms with van der Waals surface area (Å²) in [5, 5.41) is 7.21. The van der Waals surface area contributed by atoms with Crippen molar-refractivity contribution in [3.05, 3.63) is 57.0 Å². The first-order chi connectivity index (χ1) is 15.1. The van der Waals surface area contributed by atoms with Crippen LogP contribution in [0.1, 0.15) is 43.6 Å². The number of rotatable bonds is 9. The molecule has 0 aliphatic carbocycles. The lowest BCUT2D eigenvalue weighted by molar-refractivity contribution is -0.123. The number of hydrazone groups is 1. The van der Waals surface area contributed by atoms with E-state index in [1.807, 2.05) is 27.7 Å². The summed E-state index contributed by atoms with van der Waals surface area (Å²) in [6.45, 7) is 7.52. The molecular weight excluding hydrogens is 498 g/mol. The summed E-state index contributed by atoms with van der Waals surface area (Å²) >= 11 is 9.42. The second kappa shape index (κ2) is 11.9. The molecule has 9 heteroatoms. The molecule has 0 aliphatic heterocycles. The summed E-state index contributed by atoms with van der Waals surface area (Å²) in [6, 6.07) is 9.30. The molecule has 0 saturated heterocycles. The van der Waals surface area contributed by atoms with Gasteiger partial charge >= 0.3 is 0 Å². The van der Waals surface area contributed by atoms with Crippen LogP contribution in [0.15, 0.2) is 46.0 Å². The van der Waals surface area contributed by atoms with Gasteiger partial charge in [0.15, 0.2) is 11.5 Å². The average Bonchev–Trinajstić information content (AvgIpc) is 2.72. The Kier molecular flexibility index (Phi) is 9.53. The smallest absolute Gasteiger partial charge is 0.262 e. The Morgan fingerprint density at radius 1 is 1.16 bits per heavy atom. The van der Waals surface area contributed by atoms with Gasteiger partial charge in [-0.2, -0.15) is 5.10 Å². The van der Waals surface area contributed by atoms with E-state index in [9.17, 15) is 9.59 Å². The molecule has 0 radical (unpaired) electrons. The number of benzene rings is 2. The van der Waals surface area contributed by atoms with Crippen LogP contribution in [0.25, 0.3) is 0 Å². The number of amides is 2. The highest BCUT2D eigenvalue weighted by molar-refractivity contribution is 9.10. The Labute approximate surface area is 201 Å². The molecule has 2 rings (SSSR count). The summed E-state index contributed by atoms with van der Waals surface area (Å²) in [6.07, 6.45) is 1.47. The lowest BCUT2D eigenvalue weighted by Crippen LogP contribution is -2.48. The van der Waals surface area contributed by atoms with Crippen LogP contribution in [0, 0.1) is 5.92 Å². The molecular formula is C23H27BrClN3O4. The predicted octanol–water partition coefficient (Wildman–Crippen LogP) is 4.80. The van der Waals surface area contributed by atoms with Gasteiger partial charge in [-0.15, -0.1) is 0 Å². The zero-order valence-corrected chi connectivity index (χ0v) is 21.0. The van der Waals surface area contributed by atoms with Crippen molar-refractivity contribution in [2.24, 2.45) is 11.0 Å². The second-order valence-electron chi connectivity index (χ2n) is 7.64. The number of hydrogen-bond donors (Lipinski definition) is 2. The van der Waals surface area contributed by atoms with Gasteiger partial charge in [0.2, 0.25) is 0 Å². The van der Waals surface area contributed by atoms with Crippen molar-refractivity contribution in [3.8, 4) is 11.5 Å². The number of hydrogen-bond acceptors (Lipinski definition) is 5. The minimum Gasteiger partial charge on any atom is -0.493 e. The molecule has 172 valence electrons. The average molecular weight is 525 g/mol. The van der Waals surface area contributed by atoms with E-state index >= 15 is 0 Å². The summed E-state index contributed by atoms with van der Waals surface area (Å²) in [7, 11) is 1.55. The molecule has 2 N–H and O–H groups in total. The van der Waals surface area contributed by atoms with Crippen LogP contribution in [0.4, 0.5) is 0 Å². The highest BCUT2D eigenvalue weighted by atomic mass is 79.9. The van der Waals surface area contributed by atoms with Gasteiger partial charge < -0.3 is 14.8 Å². The van der Waals surface area contributed by atoms with Crippen LogP contribution in [-0.4, -0.2) is 37.3 Å². The maximum Gasteiger partial charge on any atom is 0.262 e. The third kappa shape index (κ3) is 7.24. The minimum atomic E-state index is -0.776. The van der Waals surface area contributed by atoms with Crippen LogP contribution in [0.2, 0.25) is 5.02 Å². The molecule has 0 aromatic heterocycles. The van der Waals surface area contributed by atoms with Crippen molar-refractivity contribution in [2.75, 3.05) is 7.11 Å². The van der Waals surface area contributed by atoms with Gasteiger partial charge in [0, 0.05) is 10.6 Å². The Morgan fingerprint density at radius 2 is 1.88 bits per heavy atom. The Bertz CT molecular complexity index is 995. The van der Waals surface area contributed by atoms with Crippen LogP contribution in [0.5, 0.6) is 11.5 Å². The van der Waals surface area contributed by atoms with E-state index in [4.69, 9.17) is 21.1 Å². The third-order valence-electron chi connectivity index (χ3n) is 4.32. The van der Waals surface area contributed by atoms with E-state index < -0.39 is 11.9 Å². The molecule has 2 amide bonds. The van der Waals surface area contributed by atoms with Gasteiger partial charge in [0.05, 0.1) is 23.9 Å². The van der Waals surface area contributed by atoms with Crippen LogP contribution in [0.3, 0.4) is 0 Å². The maximum absolute atomic E-state index is 12.7. The van der Waals surface area contributed by atoms with Crippen molar-refractivity contribution >= 4 is 45.6 Å². The van der Waals surface area contributed by atoms with Crippen molar-refractivity contribution in [1.29, 1.82) is 0 Å². The Hall–Kier alpha value is -2.58. The van der Waals surface area contributed by atoms with Gasteiger partial charge in [-0.3, -0.25) is 9.59 Å². The number of nitrogens with zero attached hydrogens (tertiary/aromatic N) is 1. The lowest BCUT2D eigenvalue weighted by atomic mass is 10.0. The molecule has 0 bridgehead atoms. The summed E-state index contributed by atoms with van der Waals surface area (Å²) in [5.74, 6) is 0.147. The van der Waals surface area contributed by atoms with Gasteiger partial charge in [-0.05, 0) is 71.6 Å². The number of carbonyl (C=O) groups excluding carboxylic acids is 2. The SMILES string of the molecule is COc1cc(/C=N/NC(=O)C(NC(=O)c2cccc(Cl)c2)C(C)C)cc(Br)c1OC(C)C. The van der Waals surface area contributed by atoms with E-state index in [2.05, 4.69) is 31.8 Å². The normalized spacial score (nSPS) is 12.2. The number of methoxy groups -OCH3 is 1. The molecule has 0 heterocycles. The molecule has 1 unspecified atom stereocenters. The van der Waals surface area contributed by atoms with Crippen molar-refractivity contribution in [3.63, 3.8) is 0 Å². The van der Waals surface area contributed by atoms with Gasteiger partial charge in [0.25, 0.3) is 11.8 Å². The minimum absolute atomic E-state index is 0.0194. The molecule has 32 heavy (non-hydrogen) atoms. The molecule has 0 fully saturated rings. The zero-order valence-electron chi connectivity index (χ0n) is 18.6. The van der Waals surface area contributed by atoms with Crippen LogP contribution >= 0.6 is 27.5 Å². The molecule has 7 nitrogen and oxygen atoms in total. The first-order valence-electron chi connectivity index (χ1n) is 10.1.